The number of hydrogen-bond donors (Lipinski definition) is 2. The number of aryl methyl sites for hydroxylation is 2. The van der Waals surface area contributed by atoms with Crippen LogP contribution in [0.4, 0.5) is 10.1 Å². The number of nitrogens with zero attached hydrogens (tertiary/aromatic N) is 2. The molecule has 30 heavy (non-hydrogen) atoms. The molecule has 0 bridgehead atoms. The molecule has 0 spiro atoms. The van der Waals surface area contributed by atoms with Crippen molar-refractivity contribution in [2.45, 2.75) is 19.9 Å². The molecule has 1 aliphatic rings. The predicted molar refractivity (Wildman–Crippen MR) is 110 cm³/mol. The zero-order valence-corrected chi connectivity index (χ0v) is 16.9. The summed E-state index contributed by atoms with van der Waals surface area (Å²) in [7, 11) is 0. The Bertz CT molecular complexity index is 1200. The van der Waals surface area contributed by atoms with Gasteiger partial charge in [0.05, 0.1) is 27.2 Å². The van der Waals surface area contributed by atoms with Crippen LogP contribution in [0.5, 0.6) is 5.75 Å². The van der Waals surface area contributed by atoms with Gasteiger partial charge in [-0.25, -0.2) is 9.37 Å². The highest BCUT2D eigenvalue weighted by Gasteiger charge is 2.45. The summed E-state index contributed by atoms with van der Waals surface area (Å²) in [5, 5.41) is 21.3. The molecule has 6 nitrogen and oxygen atoms in total. The Labute approximate surface area is 175 Å². The molecule has 1 aliphatic heterocycles. The second-order valence-electron chi connectivity index (χ2n) is 6.89. The van der Waals surface area contributed by atoms with Crippen LogP contribution < -0.4 is 4.90 Å². The lowest BCUT2D eigenvalue weighted by atomic mass is 9.94. The van der Waals surface area contributed by atoms with Crippen LogP contribution in [0.15, 0.2) is 59.9 Å². The summed E-state index contributed by atoms with van der Waals surface area (Å²) in [6.45, 7) is 3.45. The van der Waals surface area contributed by atoms with Gasteiger partial charge in [0.1, 0.15) is 11.6 Å². The first-order valence-corrected chi connectivity index (χ1v) is 9.89. The van der Waals surface area contributed by atoms with Crippen molar-refractivity contribution in [3.8, 4) is 5.75 Å². The fraction of sp³-hybridized carbons (Fsp3) is 0.136. The van der Waals surface area contributed by atoms with Gasteiger partial charge in [0.25, 0.3) is 5.91 Å². The lowest BCUT2D eigenvalue weighted by molar-refractivity contribution is -0.117. The van der Waals surface area contributed by atoms with Gasteiger partial charge in [-0.3, -0.25) is 14.5 Å². The van der Waals surface area contributed by atoms with Gasteiger partial charge in [-0.15, -0.1) is 11.3 Å². The Balaban J connectivity index is 1.90. The fourth-order valence-electron chi connectivity index (χ4n) is 3.58. The molecule has 2 aromatic carbocycles. The van der Waals surface area contributed by atoms with Gasteiger partial charge in [0.15, 0.2) is 5.76 Å². The van der Waals surface area contributed by atoms with Crippen molar-refractivity contribution in [3.63, 3.8) is 0 Å². The zero-order chi connectivity index (χ0) is 21.6. The fourth-order valence-corrected chi connectivity index (χ4v) is 4.45. The number of rotatable bonds is 4. The van der Waals surface area contributed by atoms with Gasteiger partial charge in [-0.05, 0) is 55.8 Å². The number of anilines is 1. The van der Waals surface area contributed by atoms with E-state index in [0.717, 1.165) is 0 Å². The molecule has 0 radical (unpaired) electrons. The standard InChI is InChI=1S/C22H17FN2O4S/c1-11-21(30-12(2)24-11)19(27)17-18(13-4-3-5-16(26)10-13)25(22(29)20(17)28)15-8-6-14(23)7-9-15/h3-10,18,26,28H,1-2H3. The summed E-state index contributed by atoms with van der Waals surface area (Å²) in [6.07, 6.45) is 0. The van der Waals surface area contributed by atoms with Crippen molar-refractivity contribution >= 4 is 28.7 Å². The third-order valence-corrected chi connectivity index (χ3v) is 5.92. The number of Topliss-reactive ketones (excluding diaryl/α,β-unsaturated/α-hetero) is 1. The summed E-state index contributed by atoms with van der Waals surface area (Å²) < 4.78 is 13.4. The van der Waals surface area contributed by atoms with E-state index in [0.29, 0.717) is 26.8 Å². The average Bonchev–Trinajstić information content (AvgIpc) is 3.18. The molecule has 2 N–H and O–H groups in total. The highest BCUT2D eigenvalue weighted by Crippen LogP contribution is 2.43. The van der Waals surface area contributed by atoms with Crippen molar-refractivity contribution in [1.29, 1.82) is 0 Å². The number of halogens is 1. The van der Waals surface area contributed by atoms with Crippen LogP contribution in [0.3, 0.4) is 0 Å². The number of amides is 1. The number of phenols is 1. The molecule has 0 aliphatic carbocycles. The van der Waals surface area contributed by atoms with Gasteiger partial charge < -0.3 is 10.2 Å². The van der Waals surface area contributed by atoms with E-state index >= 15 is 0 Å². The molecule has 1 atom stereocenters. The maximum atomic E-state index is 13.4. The minimum Gasteiger partial charge on any atom is -0.508 e. The molecule has 8 heteroatoms. The normalized spacial score (nSPS) is 16.4. The maximum Gasteiger partial charge on any atom is 0.294 e. The molecule has 1 amide bonds. The van der Waals surface area contributed by atoms with Crippen LogP contribution in [0.25, 0.3) is 0 Å². The predicted octanol–water partition coefficient (Wildman–Crippen LogP) is 4.39. The topological polar surface area (TPSA) is 90.7 Å². The van der Waals surface area contributed by atoms with Crippen LogP contribution in [0, 0.1) is 19.7 Å². The molecule has 2 heterocycles. The van der Waals surface area contributed by atoms with Gasteiger partial charge in [-0.2, -0.15) is 0 Å². The molecule has 1 unspecified atom stereocenters. The number of aromatic hydroxyl groups is 1. The van der Waals surface area contributed by atoms with Crippen molar-refractivity contribution in [1.82, 2.24) is 4.98 Å². The Hall–Kier alpha value is -3.52. The number of carbonyl (C=O) groups excluding carboxylic acids is 2. The van der Waals surface area contributed by atoms with Crippen LogP contribution in [0.1, 0.15) is 32.0 Å². The molecule has 0 saturated heterocycles. The summed E-state index contributed by atoms with van der Waals surface area (Å²) >= 11 is 1.18. The third kappa shape index (κ3) is 3.25. The van der Waals surface area contributed by atoms with Crippen molar-refractivity contribution in [2.75, 3.05) is 4.90 Å². The maximum absolute atomic E-state index is 13.4. The Kier molecular flexibility index (Phi) is 4.87. The quantitative estimate of drug-likeness (QED) is 0.607. The highest BCUT2D eigenvalue weighted by molar-refractivity contribution is 7.14. The van der Waals surface area contributed by atoms with E-state index in [9.17, 15) is 24.2 Å². The first-order chi connectivity index (χ1) is 14.3. The van der Waals surface area contributed by atoms with E-state index in [4.69, 9.17) is 0 Å². The lowest BCUT2D eigenvalue weighted by Gasteiger charge is -2.27. The zero-order valence-electron chi connectivity index (χ0n) is 16.1. The van der Waals surface area contributed by atoms with E-state index < -0.39 is 29.3 Å². The van der Waals surface area contributed by atoms with E-state index in [-0.39, 0.29) is 11.3 Å². The van der Waals surface area contributed by atoms with Crippen molar-refractivity contribution < 1.29 is 24.2 Å². The number of carbonyl (C=O) groups is 2. The summed E-state index contributed by atoms with van der Waals surface area (Å²) in [4.78, 5) is 32.2. The Morgan fingerprint density at radius 3 is 2.43 bits per heavy atom. The number of aromatic nitrogens is 1. The molecule has 0 saturated carbocycles. The third-order valence-electron chi connectivity index (χ3n) is 4.85. The summed E-state index contributed by atoms with van der Waals surface area (Å²) in [6, 6.07) is 10.3. The molecule has 152 valence electrons. The lowest BCUT2D eigenvalue weighted by Crippen LogP contribution is -2.31. The monoisotopic (exact) mass is 424 g/mol. The number of aliphatic hydroxyl groups is 1. The number of benzene rings is 2. The van der Waals surface area contributed by atoms with E-state index in [1.165, 1.54) is 52.6 Å². The van der Waals surface area contributed by atoms with Crippen LogP contribution >= 0.6 is 11.3 Å². The minimum atomic E-state index is -0.996. The van der Waals surface area contributed by atoms with Crippen molar-refractivity contribution in [3.05, 3.63) is 86.8 Å². The largest absolute Gasteiger partial charge is 0.508 e. The molecular formula is C22H17FN2O4S. The van der Waals surface area contributed by atoms with Gasteiger partial charge >= 0.3 is 0 Å². The van der Waals surface area contributed by atoms with E-state index in [1.54, 1.807) is 26.0 Å². The van der Waals surface area contributed by atoms with Gasteiger partial charge in [0, 0.05) is 5.69 Å². The second kappa shape index (κ2) is 7.38. The number of thiazole rings is 1. The number of phenolic OH excluding ortho intramolecular Hbond substituents is 1. The first kappa shape index (κ1) is 19.8. The Morgan fingerprint density at radius 1 is 1.13 bits per heavy atom. The second-order valence-corrected chi connectivity index (χ2v) is 8.09. The SMILES string of the molecule is Cc1nc(C)c(C(=O)C2=C(O)C(=O)N(c3ccc(F)cc3)C2c2cccc(O)c2)s1. The van der Waals surface area contributed by atoms with E-state index in [1.807, 2.05) is 0 Å². The highest BCUT2D eigenvalue weighted by atomic mass is 32.1. The smallest absolute Gasteiger partial charge is 0.294 e. The van der Waals surface area contributed by atoms with E-state index in [2.05, 4.69) is 4.98 Å². The number of ketones is 1. The minimum absolute atomic E-state index is 0.0537. The average molecular weight is 424 g/mol. The van der Waals surface area contributed by atoms with Gasteiger partial charge in [-0.1, -0.05) is 12.1 Å². The summed E-state index contributed by atoms with van der Waals surface area (Å²) in [5.41, 5.74) is 1.13. The van der Waals surface area contributed by atoms with Crippen LogP contribution in [-0.2, 0) is 4.79 Å². The van der Waals surface area contributed by atoms with Gasteiger partial charge in [0.2, 0.25) is 5.78 Å². The molecular weight excluding hydrogens is 407 g/mol. The molecule has 0 fully saturated rings. The number of hydrogen-bond acceptors (Lipinski definition) is 6. The molecule has 4 rings (SSSR count). The van der Waals surface area contributed by atoms with Crippen LogP contribution in [-0.4, -0.2) is 26.9 Å². The first-order valence-electron chi connectivity index (χ1n) is 9.08. The molecule has 3 aromatic rings. The van der Waals surface area contributed by atoms with Crippen LogP contribution in [0.2, 0.25) is 0 Å². The van der Waals surface area contributed by atoms with Crippen molar-refractivity contribution in [2.24, 2.45) is 0 Å². The number of aliphatic hydroxyl groups excluding tert-OH is 1. The molecule has 1 aromatic heterocycles. The summed E-state index contributed by atoms with van der Waals surface area (Å²) in [5.74, 6) is -2.51. The Morgan fingerprint density at radius 2 is 1.83 bits per heavy atom.